The van der Waals surface area contributed by atoms with Crippen molar-refractivity contribution < 1.29 is 5.11 Å². The van der Waals surface area contributed by atoms with E-state index in [2.05, 4.69) is 22.0 Å². The van der Waals surface area contributed by atoms with E-state index in [4.69, 9.17) is 4.98 Å². The molecule has 7 nitrogen and oxygen atoms in total. The molecule has 0 bridgehead atoms. The van der Waals surface area contributed by atoms with Crippen LogP contribution in [0.3, 0.4) is 0 Å². The second-order valence-corrected chi connectivity index (χ2v) is 7.34. The Labute approximate surface area is 157 Å². The van der Waals surface area contributed by atoms with Gasteiger partial charge in [0.1, 0.15) is 0 Å². The molecule has 142 valence electrons. The van der Waals surface area contributed by atoms with Crippen LogP contribution in [0.4, 0.5) is 0 Å². The van der Waals surface area contributed by atoms with Gasteiger partial charge in [-0.15, -0.1) is 0 Å². The fourth-order valence-corrected chi connectivity index (χ4v) is 3.77. The average molecular weight is 367 g/mol. The Morgan fingerprint density at radius 2 is 2.04 bits per heavy atom. The third-order valence-electron chi connectivity index (χ3n) is 5.31. The van der Waals surface area contributed by atoms with E-state index >= 15 is 0 Å². The molecule has 1 aliphatic heterocycles. The molecular formula is C20H25N5O2. The summed E-state index contributed by atoms with van der Waals surface area (Å²) in [6.07, 6.45) is 3.12. The minimum atomic E-state index is -0.0465. The summed E-state index contributed by atoms with van der Waals surface area (Å²) in [5.41, 5.74) is 1.36. The van der Waals surface area contributed by atoms with Crippen LogP contribution in [0.25, 0.3) is 22.4 Å². The molecule has 0 unspecified atom stereocenters. The summed E-state index contributed by atoms with van der Waals surface area (Å²) in [7, 11) is 2.15. The Kier molecular flexibility index (Phi) is 5.05. The first kappa shape index (κ1) is 17.9. The summed E-state index contributed by atoms with van der Waals surface area (Å²) in [5, 5.41) is 14.7. The number of nitrogens with zero attached hydrogens (tertiary/aromatic N) is 4. The number of aromatic amines is 1. The van der Waals surface area contributed by atoms with E-state index in [0.29, 0.717) is 29.4 Å². The molecule has 2 N–H and O–H groups in total. The number of hydrogen-bond acceptors (Lipinski definition) is 5. The third kappa shape index (κ3) is 3.79. The van der Waals surface area contributed by atoms with E-state index in [-0.39, 0.29) is 12.0 Å². The second-order valence-electron chi connectivity index (χ2n) is 7.34. The second kappa shape index (κ2) is 7.62. The fourth-order valence-electron chi connectivity index (χ4n) is 3.77. The molecule has 2 aromatic heterocycles. The van der Waals surface area contributed by atoms with E-state index in [1.807, 2.05) is 24.3 Å². The van der Waals surface area contributed by atoms with Gasteiger partial charge in [0, 0.05) is 23.4 Å². The van der Waals surface area contributed by atoms with Gasteiger partial charge in [-0.3, -0.25) is 4.79 Å². The largest absolute Gasteiger partial charge is 0.394 e. The number of aliphatic hydroxyl groups excluding tert-OH is 1. The molecule has 1 aliphatic rings. The lowest BCUT2D eigenvalue weighted by atomic mass is 9.94. The van der Waals surface area contributed by atoms with Gasteiger partial charge in [0.2, 0.25) is 0 Å². The molecule has 0 aliphatic carbocycles. The first-order chi connectivity index (χ1) is 13.1. The maximum Gasteiger partial charge on any atom is 0.190 e. The molecule has 0 atom stereocenters. The molecule has 3 aromatic rings. The molecule has 0 saturated carbocycles. The van der Waals surface area contributed by atoms with Crippen LogP contribution in [-0.2, 0) is 13.0 Å². The molecule has 0 radical (unpaired) electrons. The van der Waals surface area contributed by atoms with Crippen LogP contribution in [0, 0.1) is 5.92 Å². The van der Waals surface area contributed by atoms with Gasteiger partial charge in [-0.25, -0.2) is 9.67 Å². The van der Waals surface area contributed by atoms with Crippen molar-refractivity contribution >= 4 is 10.9 Å². The fraction of sp³-hybridized carbons (Fsp3) is 0.450. The summed E-state index contributed by atoms with van der Waals surface area (Å²) in [6, 6.07) is 9.01. The van der Waals surface area contributed by atoms with Crippen molar-refractivity contribution in [3.05, 3.63) is 46.4 Å². The van der Waals surface area contributed by atoms with Gasteiger partial charge in [-0.1, -0.05) is 12.1 Å². The number of para-hydroxylation sites is 1. The molecule has 0 spiro atoms. The van der Waals surface area contributed by atoms with Crippen LogP contribution in [0.5, 0.6) is 0 Å². The lowest BCUT2D eigenvalue weighted by molar-refractivity contribution is 0.217. The monoisotopic (exact) mass is 367 g/mol. The number of aliphatic hydroxyl groups is 1. The van der Waals surface area contributed by atoms with Crippen molar-refractivity contribution in [2.24, 2.45) is 5.92 Å². The van der Waals surface area contributed by atoms with E-state index in [1.54, 1.807) is 10.7 Å². The topological polar surface area (TPSA) is 87.0 Å². The van der Waals surface area contributed by atoms with Gasteiger partial charge in [-0.05, 0) is 51.0 Å². The van der Waals surface area contributed by atoms with Gasteiger partial charge < -0.3 is 15.0 Å². The van der Waals surface area contributed by atoms with Crippen molar-refractivity contribution in [2.75, 3.05) is 26.7 Å². The minimum Gasteiger partial charge on any atom is -0.394 e. The van der Waals surface area contributed by atoms with E-state index in [0.717, 1.165) is 43.7 Å². The molecular weight excluding hydrogens is 342 g/mol. The first-order valence-corrected chi connectivity index (χ1v) is 9.49. The molecule has 1 aromatic carbocycles. The number of fused-ring (bicyclic) bond motifs is 1. The van der Waals surface area contributed by atoms with Crippen LogP contribution in [-0.4, -0.2) is 56.5 Å². The zero-order chi connectivity index (χ0) is 18.8. The summed E-state index contributed by atoms with van der Waals surface area (Å²) >= 11 is 0. The maximum absolute atomic E-state index is 12.5. The van der Waals surface area contributed by atoms with Crippen LogP contribution >= 0.6 is 0 Å². The van der Waals surface area contributed by atoms with E-state index in [9.17, 15) is 9.90 Å². The van der Waals surface area contributed by atoms with Crippen LogP contribution in [0.2, 0.25) is 0 Å². The number of hydrogen-bond donors (Lipinski definition) is 2. The molecule has 27 heavy (non-hydrogen) atoms. The number of benzene rings is 1. The van der Waals surface area contributed by atoms with Gasteiger partial charge in [0.05, 0.1) is 18.8 Å². The SMILES string of the molecule is CN1CCC(Cc2nc(-c3cc(=O)c4ccccc4[nH]3)n(CCO)n2)CC1. The van der Waals surface area contributed by atoms with Crippen molar-refractivity contribution in [1.82, 2.24) is 24.6 Å². The predicted octanol–water partition coefficient (Wildman–Crippen LogP) is 1.66. The number of rotatable bonds is 5. The molecule has 0 amide bonds. The summed E-state index contributed by atoms with van der Waals surface area (Å²) in [6.45, 7) is 2.53. The van der Waals surface area contributed by atoms with E-state index < -0.39 is 0 Å². The maximum atomic E-state index is 12.5. The number of pyridine rings is 1. The third-order valence-corrected chi connectivity index (χ3v) is 5.31. The van der Waals surface area contributed by atoms with Crippen LogP contribution in [0.1, 0.15) is 18.7 Å². The van der Waals surface area contributed by atoms with Crippen LogP contribution < -0.4 is 5.43 Å². The summed E-state index contributed by atoms with van der Waals surface area (Å²) in [5.74, 6) is 1.96. The van der Waals surface area contributed by atoms with E-state index in [1.165, 1.54) is 0 Å². The average Bonchev–Trinajstić information content (AvgIpc) is 3.06. The smallest absolute Gasteiger partial charge is 0.190 e. The Balaban J connectivity index is 1.67. The summed E-state index contributed by atoms with van der Waals surface area (Å²) in [4.78, 5) is 22.8. The quantitative estimate of drug-likeness (QED) is 0.716. The molecule has 1 fully saturated rings. The first-order valence-electron chi connectivity index (χ1n) is 9.49. The Morgan fingerprint density at radius 1 is 1.26 bits per heavy atom. The van der Waals surface area contributed by atoms with Gasteiger partial charge in [-0.2, -0.15) is 5.10 Å². The molecule has 3 heterocycles. The van der Waals surface area contributed by atoms with Gasteiger partial charge in [0.25, 0.3) is 0 Å². The predicted molar refractivity (Wildman–Crippen MR) is 105 cm³/mol. The Morgan fingerprint density at radius 3 is 2.81 bits per heavy atom. The highest BCUT2D eigenvalue weighted by molar-refractivity contribution is 5.80. The van der Waals surface area contributed by atoms with Gasteiger partial charge >= 0.3 is 0 Å². The summed E-state index contributed by atoms with van der Waals surface area (Å²) < 4.78 is 1.70. The Bertz CT molecular complexity index is 985. The highest BCUT2D eigenvalue weighted by atomic mass is 16.3. The van der Waals surface area contributed by atoms with Crippen molar-refractivity contribution in [3.8, 4) is 11.5 Å². The van der Waals surface area contributed by atoms with Gasteiger partial charge in [0.15, 0.2) is 17.1 Å². The number of likely N-dealkylation sites (tertiary alicyclic amines) is 1. The zero-order valence-electron chi connectivity index (χ0n) is 15.6. The normalized spacial score (nSPS) is 16.2. The standard InChI is InChI=1S/C20H25N5O2/c1-24-8-6-14(7-9-24)12-19-22-20(25(23-19)10-11-26)17-13-18(27)15-4-2-3-5-16(15)21-17/h2-5,13-14,26H,6-12H2,1H3,(H,21,27). The number of piperidine rings is 1. The lowest BCUT2D eigenvalue weighted by Gasteiger charge is -2.28. The minimum absolute atomic E-state index is 0.0260. The molecule has 4 rings (SSSR count). The van der Waals surface area contributed by atoms with Crippen molar-refractivity contribution in [2.45, 2.75) is 25.8 Å². The number of nitrogens with one attached hydrogen (secondary N) is 1. The van der Waals surface area contributed by atoms with Crippen LogP contribution in [0.15, 0.2) is 35.1 Å². The van der Waals surface area contributed by atoms with Crippen molar-refractivity contribution in [3.63, 3.8) is 0 Å². The lowest BCUT2D eigenvalue weighted by Crippen LogP contribution is -2.31. The molecule has 1 saturated heterocycles. The highest BCUT2D eigenvalue weighted by Gasteiger charge is 2.21. The van der Waals surface area contributed by atoms with Crippen molar-refractivity contribution in [1.29, 1.82) is 0 Å². The Hall–Kier alpha value is -2.51. The number of H-pyrrole nitrogens is 1. The zero-order valence-corrected chi connectivity index (χ0v) is 15.6. The highest BCUT2D eigenvalue weighted by Crippen LogP contribution is 2.22. The number of aromatic nitrogens is 4. The molecule has 7 heteroatoms.